The largest absolute Gasteiger partial charge is 0.396 e. The first-order valence-electron chi connectivity index (χ1n) is 5.91. The summed E-state index contributed by atoms with van der Waals surface area (Å²) in [7, 11) is -3.34. The number of nitrogens with zero attached hydrogens (tertiary/aromatic N) is 1. The number of aromatic nitrogens is 1. The van der Waals surface area contributed by atoms with Crippen LogP contribution >= 0.6 is 0 Å². The van der Waals surface area contributed by atoms with Crippen molar-refractivity contribution < 1.29 is 18.0 Å². The van der Waals surface area contributed by atoms with E-state index in [-0.39, 0.29) is 18.4 Å². The smallest absolute Gasteiger partial charge is 0.212 e. The number of unbranched alkanes of at least 4 members (excludes halogenated alkanes) is 1. The molecule has 0 saturated carbocycles. The molecule has 0 fully saturated rings. The van der Waals surface area contributed by atoms with Gasteiger partial charge in [-0.05, 0) is 33.6 Å². The van der Waals surface area contributed by atoms with Gasteiger partial charge < -0.3 is 9.63 Å². The molecule has 7 heteroatoms. The molecular formula is C11H20N2O4S. The molecule has 1 aromatic rings. The minimum absolute atomic E-state index is 0.00887. The Morgan fingerprint density at radius 2 is 2.06 bits per heavy atom. The number of aliphatic hydroxyl groups is 1. The van der Waals surface area contributed by atoms with Crippen LogP contribution in [0.2, 0.25) is 0 Å². The van der Waals surface area contributed by atoms with Gasteiger partial charge in [-0.25, -0.2) is 13.1 Å². The fraction of sp³-hybridized carbons (Fsp3) is 0.727. The second kappa shape index (κ2) is 6.31. The second-order valence-corrected chi connectivity index (χ2v) is 6.20. The Morgan fingerprint density at radius 3 is 2.56 bits per heavy atom. The summed E-state index contributed by atoms with van der Waals surface area (Å²) in [6.45, 7) is 5.30. The van der Waals surface area contributed by atoms with Crippen LogP contribution in [-0.4, -0.2) is 31.0 Å². The van der Waals surface area contributed by atoms with Gasteiger partial charge in [0.15, 0.2) is 0 Å². The Labute approximate surface area is 107 Å². The van der Waals surface area contributed by atoms with Crippen LogP contribution in [-0.2, 0) is 10.0 Å². The zero-order chi connectivity index (χ0) is 13.8. The normalized spacial score (nSPS) is 13.8. The summed E-state index contributed by atoms with van der Waals surface area (Å²) in [5.41, 5.74) is 1.47. The van der Waals surface area contributed by atoms with Crippen molar-refractivity contribution in [1.82, 2.24) is 9.88 Å². The maximum Gasteiger partial charge on any atom is 0.212 e. The Kier molecular flexibility index (Phi) is 5.30. The van der Waals surface area contributed by atoms with Gasteiger partial charge in [-0.15, -0.1) is 0 Å². The van der Waals surface area contributed by atoms with Crippen LogP contribution in [0.3, 0.4) is 0 Å². The number of rotatable bonds is 7. The highest BCUT2D eigenvalue weighted by Gasteiger charge is 2.21. The molecule has 6 nitrogen and oxygen atoms in total. The third-order valence-electron chi connectivity index (χ3n) is 2.70. The van der Waals surface area contributed by atoms with E-state index >= 15 is 0 Å². The van der Waals surface area contributed by atoms with Gasteiger partial charge >= 0.3 is 0 Å². The molecule has 0 aliphatic rings. The fourth-order valence-electron chi connectivity index (χ4n) is 1.90. The third-order valence-corrected chi connectivity index (χ3v) is 4.24. The number of aryl methyl sites for hydroxylation is 2. The molecule has 2 N–H and O–H groups in total. The minimum Gasteiger partial charge on any atom is -0.396 e. The maximum atomic E-state index is 11.8. The van der Waals surface area contributed by atoms with Crippen molar-refractivity contribution >= 4 is 10.0 Å². The highest BCUT2D eigenvalue weighted by atomic mass is 32.2. The highest BCUT2D eigenvalue weighted by molar-refractivity contribution is 7.89. The van der Waals surface area contributed by atoms with E-state index in [1.807, 2.05) is 0 Å². The zero-order valence-corrected chi connectivity index (χ0v) is 11.7. The molecule has 104 valence electrons. The van der Waals surface area contributed by atoms with Crippen molar-refractivity contribution in [3.63, 3.8) is 0 Å². The van der Waals surface area contributed by atoms with Gasteiger partial charge in [0.2, 0.25) is 10.0 Å². The van der Waals surface area contributed by atoms with Gasteiger partial charge in [-0.2, -0.15) is 0 Å². The average Bonchev–Trinajstić information content (AvgIpc) is 2.58. The lowest BCUT2D eigenvalue weighted by Gasteiger charge is -2.13. The lowest BCUT2D eigenvalue weighted by Crippen LogP contribution is -2.29. The van der Waals surface area contributed by atoms with Gasteiger partial charge in [-0.1, -0.05) is 5.16 Å². The SMILES string of the molecule is Cc1noc(C)c1C(C)NS(=O)(=O)CCCCO. The molecule has 0 radical (unpaired) electrons. The number of sulfonamides is 1. The van der Waals surface area contributed by atoms with E-state index < -0.39 is 10.0 Å². The summed E-state index contributed by atoms with van der Waals surface area (Å²) in [5, 5.41) is 12.4. The van der Waals surface area contributed by atoms with E-state index in [2.05, 4.69) is 9.88 Å². The molecule has 1 aromatic heterocycles. The molecule has 1 unspecified atom stereocenters. The minimum atomic E-state index is -3.34. The van der Waals surface area contributed by atoms with Crippen molar-refractivity contribution in [2.75, 3.05) is 12.4 Å². The standard InChI is InChI=1S/C11H20N2O4S/c1-8-11(10(3)17-12-8)9(2)13-18(15,16)7-5-4-6-14/h9,13-14H,4-7H2,1-3H3. The number of hydrogen-bond acceptors (Lipinski definition) is 5. The number of nitrogens with one attached hydrogen (secondary N) is 1. The van der Waals surface area contributed by atoms with Crippen LogP contribution in [0.4, 0.5) is 0 Å². The van der Waals surface area contributed by atoms with E-state index in [0.29, 0.717) is 24.3 Å². The maximum absolute atomic E-state index is 11.8. The molecule has 1 heterocycles. The second-order valence-electron chi connectivity index (χ2n) is 4.33. The van der Waals surface area contributed by atoms with E-state index in [4.69, 9.17) is 9.63 Å². The molecule has 18 heavy (non-hydrogen) atoms. The predicted octanol–water partition coefficient (Wildman–Crippen LogP) is 1.04. The van der Waals surface area contributed by atoms with E-state index in [1.54, 1.807) is 20.8 Å². The van der Waals surface area contributed by atoms with Crippen molar-refractivity contribution in [3.05, 3.63) is 17.0 Å². The van der Waals surface area contributed by atoms with Crippen molar-refractivity contribution in [1.29, 1.82) is 0 Å². The van der Waals surface area contributed by atoms with Crippen molar-refractivity contribution in [3.8, 4) is 0 Å². The summed E-state index contributed by atoms with van der Waals surface area (Å²) < 4.78 is 31.2. The quantitative estimate of drug-likeness (QED) is 0.726. The Hall–Kier alpha value is -0.920. The molecule has 0 aliphatic carbocycles. The lowest BCUT2D eigenvalue weighted by molar-refractivity contribution is 0.287. The molecular weight excluding hydrogens is 256 g/mol. The molecule has 1 rings (SSSR count). The molecule has 0 aromatic carbocycles. The molecule has 0 saturated heterocycles. The lowest BCUT2D eigenvalue weighted by atomic mass is 10.1. The van der Waals surface area contributed by atoms with Gasteiger partial charge in [0.05, 0.1) is 11.4 Å². The summed E-state index contributed by atoms with van der Waals surface area (Å²) in [5.74, 6) is 0.638. The first-order chi connectivity index (χ1) is 8.37. The van der Waals surface area contributed by atoms with E-state index in [9.17, 15) is 8.42 Å². The zero-order valence-electron chi connectivity index (χ0n) is 10.9. The number of hydrogen-bond donors (Lipinski definition) is 2. The Morgan fingerprint density at radius 1 is 1.39 bits per heavy atom. The van der Waals surface area contributed by atoms with Crippen LogP contribution in [0.1, 0.15) is 42.8 Å². The van der Waals surface area contributed by atoms with Gasteiger partial charge in [0.25, 0.3) is 0 Å². The van der Waals surface area contributed by atoms with Gasteiger partial charge in [-0.3, -0.25) is 0 Å². The summed E-state index contributed by atoms with van der Waals surface area (Å²) in [6.07, 6.45) is 0.931. The van der Waals surface area contributed by atoms with Crippen LogP contribution < -0.4 is 4.72 Å². The third kappa shape index (κ3) is 4.08. The molecule has 0 bridgehead atoms. The topological polar surface area (TPSA) is 92.4 Å². The molecule has 1 atom stereocenters. The monoisotopic (exact) mass is 276 g/mol. The average molecular weight is 276 g/mol. The molecule has 0 aliphatic heterocycles. The Balaban J connectivity index is 2.67. The fourth-order valence-corrected chi connectivity index (χ4v) is 3.26. The van der Waals surface area contributed by atoms with Gasteiger partial charge in [0, 0.05) is 18.2 Å². The molecule has 0 amide bonds. The van der Waals surface area contributed by atoms with Crippen LogP contribution in [0, 0.1) is 13.8 Å². The van der Waals surface area contributed by atoms with Crippen LogP contribution in [0.5, 0.6) is 0 Å². The van der Waals surface area contributed by atoms with Crippen molar-refractivity contribution in [2.45, 2.75) is 39.7 Å². The first kappa shape index (κ1) is 15.1. The predicted molar refractivity (Wildman–Crippen MR) is 67.6 cm³/mol. The first-order valence-corrected chi connectivity index (χ1v) is 7.56. The van der Waals surface area contributed by atoms with E-state index in [0.717, 1.165) is 5.56 Å². The summed E-state index contributed by atoms with van der Waals surface area (Å²) in [4.78, 5) is 0. The van der Waals surface area contributed by atoms with Gasteiger partial charge in [0.1, 0.15) is 5.76 Å². The van der Waals surface area contributed by atoms with Crippen LogP contribution in [0.15, 0.2) is 4.52 Å². The van der Waals surface area contributed by atoms with E-state index in [1.165, 1.54) is 0 Å². The Bertz CT molecular complexity index is 462. The summed E-state index contributed by atoms with van der Waals surface area (Å²) >= 11 is 0. The summed E-state index contributed by atoms with van der Waals surface area (Å²) in [6, 6.07) is -0.365. The molecule has 0 spiro atoms. The number of aliphatic hydroxyl groups excluding tert-OH is 1. The highest BCUT2D eigenvalue weighted by Crippen LogP contribution is 2.21. The van der Waals surface area contributed by atoms with Crippen molar-refractivity contribution in [2.24, 2.45) is 0 Å². The van der Waals surface area contributed by atoms with Crippen LogP contribution in [0.25, 0.3) is 0 Å².